The van der Waals surface area contributed by atoms with Gasteiger partial charge in [0.2, 0.25) is 0 Å². The number of nitro benzene ring substituents is 1. The lowest BCUT2D eigenvalue weighted by Crippen LogP contribution is -2.43. The van der Waals surface area contributed by atoms with Crippen molar-refractivity contribution in [3.8, 4) is 5.75 Å². The third kappa shape index (κ3) is 3.40. The van der Waals surface area contributed by atoms with E-state index in [2.05, 4.69) is 0 Å². The smallest absolute Gasteiger partial charge is 0.269 e. The lowest BCUT2D eigenvalue weighted by molar-refractivity contribution is -0.384. The molecule has 7 nitrogen and oxygen atoms in total. The zero-order valence-corrected chi connectivity index (χ0v) is 10.1. The van der Waals surface area contributed by atoms with E-state index in [4.69, 9.17) is 14.6 Å². The van der Waals surface area contributed by atoms with Crippen molar-refractivity contribution < 1.29 is 24.6 Å². The van der Waals surface area contributed by atoms with E-state index in [0.29, 0.717) is 18.6 Å². The van der Waals surface area contributed by atoms with Gasteiger partial charge in [0.25, 0.3) is 5.69 Å². The summed E-state index contributed by atoms with van der Waals surface area (Å²) in [5, 5.41) is 29.1. The summed E-state index contributed by atoms with van der Waals surface area (Å²) in [6, 6.07) is 5.66. The zero-order valence-electron chi connectivity index (χ0n) is 10.1. The maximum atomic E-state index is 10.5. The Balaban J connectivity index is 1.95. The molecular formula is C12H15NO6. The van der Waals surface area contributed by atoms with Gasteiger partial charge in [0.1, 0.15) is 11.9 Å². The second-order valence-electron chi connectivity index (χ2n) is 4.30. The minimum absolute atomic E-state index is 0.0134. The Labute approximate surface area is 109 Å². The molecule has 19 heavy (non-hydrogen) atoms. The molecule has 0 aliphatic carbocycles. The number of ether oxygens (including phenoxy) is 2. The minimum atomic E-state index is -0.693. The highest BCUT2D eigenvalue weighted by atomic mass is 16.7. The van der Waals surface area contributed by atoms with Crippen LogP contribution in [-0.4, -0.2) is 40.2 Å². The van der Waals surface area contributed by atoms with Crippen LogP contribution in [-0.2, 0) is 4.74 Å². The van der Waals surface area contributed by atoms with Crippen molar-refractivity contribution in [2.75, 3.05) is 6.61 Å². The van der Waals surface area contributed by atoms with Gasteiger partial charge in [0, 0.05) is 18.6 Å². The van der Waals surface area contributed by atoms with Gasteiger partial charge in [-0.05, 0) is 18.6 Å². The maximum Gasteiger partial charge on any atom is 0.269 e. The third-order valence-corrected chi connectivity index (χ3v) is 2.95. The van der Waals surface area contributed by atoms with E-state index in [1.807, 2.05) is 0 Å². The lowest BCUT2D eigenvalue weighted by atomic mass is 10.1. The van der Waals surface area contributed by atoms with Crippen LogP contribution in [0.3, 0.4) is 0 Å². The normalized spacial score (nSPS) is 26.9. The Hall–Kier alpha value is -1.70. The number of benzene rings is 1. The summed E-state index contributed by atoms with van der Waals surface area (Å²) in [5.41, 5.74) is -0.0134. The summed E-state index contributed by atoms with van der Waals surface area (Å²) in [5.74, 6) is 0.448. The van der Waals surface area contributed by atoms with Gasteiger partial charge in [-0.1, -0.05) is 0 Å². The predicted molar refractivity (Wildman–Crippen MR) is 64.7 cm³/mol. The molecule has 1 aromatic rings. The van der Waals surface area contributed by atoms with Gasteiger partial charge in [0.15, 0.2) is 6.29 Å². The molecule has 0 radical (unpaired) electrons. The first-order valence-corrected chi connectivity index (χ1v) is 5.95. The van der Waals surface area contributed by atoms with Crippen molar-refractivity contribution in [3.05, 3.63) is 34.4 Å². The molecule has 7 heteroatoms. The van der Waals surface area contributed by atoms with E-state index < -0.39 is 23.4 Å². The number of nitro groups is 1. The molecule has 1 fully saturated rings. The number of aliphatic hydroxyl groups is 2. The standard InChI is InChI=1S/C12H15NO6/c14-7-11-10(15)5-6-12(19-11)18-9-3-1-8(2-4-9)13(16)17/h1-4,10-12,14-15H,5-7H2/t10-,11?,12+/m0/s1. The topological polar surface area (TPSA) is 102 Å². The van der Waals surface area contributed by atoms with Crippen molar-refractivity contribution in [1.29, 1.82) is 0 Å². The number of hydrogen-bond donors (Lipinski definition) is 2. The largest absolute Gasteiger partial charge is 0.465 e. The Bertz CT molecular complexity index is 434. The summed E-state index contributed by atoms with van der Waals surface area (Å²) >= 11 is 0. The molecule has 0 bridgehead atoms. The summed E-state index contributed by atoms with van der Waals surface area (Å²) in [6.07, 6.45) is -0.946. The zero-order chi connectivity index (χ0) is 13.8. The number of nitrogens with zero attached hydrogens (tertiary/aromatic N) is 1. The molecule has 2 rings (SSSR count). The second-order valence-corrected chi connectivity index (χ2v) is 4.30. The number of hydrogen-bond acceptors (Lipinski definition) is 6. The van der Waals surface area contributed by atoms with Crippen molar-refractivity contribution >= 4 is 5.69 Å². The first kappa shape index (κ1) is 13.7. The van der Waals surface area contributed by atoms with Crippen LogP contribution in [0.25, 0.3) is 0 Å². The fourth-order valence-corrected chi connectivity index (χ4v) is 1.90. The van der Waals surface area contributed by atoms with Crippen molar-refractivity contribution in [1.82, 2.24) is 0 Å². The molecule has 0 spiro atoms. The van der Waals surface area contributed by atoms with Crippen molar-refractivity contribution in [2.24, 2.45) is 0 Å². The Kier molecular flexibility index (Phi) is 4.31. The molecule has 1 aromatic carbocycles. The average molecular weight is 269 g/mol. The Morgan fingerprint density at radius 1 is 1.37 bits per heavy atom. The minimum Gasteiger partial charge on any atom is -0.465 e. The molecular weight excluding hydrogens is 254 g/mol. The van der Waals surface area contributed by atoms with Crippen LogP contribution in [0, 0.1) is 10.1 Å². The predicted octanol–water partition coefficient (Wildman–Crippen LogP) is 0.832. The van der Waals surface area contributed by atoms with Gasteiger partial charge in [-0.25, -0.2) is 0 Å². The van der Waals surface area contributed by atoms with Crippen molar-refractivity contribution in [2.45, 2.75) is 31.3 Å². The fraction of sp³-hybridized carbons (Fsp3) is 0.500. The van der Waals surface area contributed by atoms with Gasteiger partial charge >= 0.3 is 0 Å². The molecule has 1 aliphatic rings. The first-order chi connectivity index (χ1) is 9.10. The lowest BCUT2D eigenvalue weighted by Gasteiger charge is -2.32. The van der Waals surface area contributed by atoms with Gasteiger partial charge < -0.3 is 19.7 Å². The summed E-state index contributed by atoms with van der Waals surface area (Å²) in [4.78, 5) is 10.0. The van der Waals surface area contributed by atoms with Crippen LogP contribution in [0.4, 0.5) is 5.69 Å². The van der Waals surface area contributed by atoms with Gasteiger partial charge in [0.05, 0.1) is 17.6 Å². The van der Waals surface area contributed by atoms with Crippen LogP contribution in [0.5, 0.6) is 5.75 Å². The van der Waals surface area contributed by atoms with Gasteiger partial charge in [-0.15, -0.1) is 0 Å². The third-order valence-electron chi connectivity index (χ3n) is 2.95. The highest BCUT2D eigenvalue weighted by molar-refractivity contribution is 5.36. The van der Waals surface area contributed by atoms with Crippen LogP contribution < -0.4 is 4.74 Å². The molecule has 3 atom stereocenters. The monoisotopic (exact) mass is 269 g/mol. The van der Waals surface area contributed by atoms with Gasteiger partial charge in [-0.3, -0.25) is 10.1 Å². The van der Waals surface area contributed by atoms with Crippen LogP contribution in [0.15, 0.2) is 24.3 Å². The van der Waals surface area contributed by atoms with E-state index in [9.17, 15) is 15.2 Å². The van der Waals surface area contributed by atoms with Crippen molar-refractivity contribution in [3.63, 3.8) is 0 Å². The Morgan fingerprint density at radius 3 is 2.63 bits per heavy atom. The molecule has 2 N–H and O–H groups in total. The number of non-ortho nitro benzene ring substituents is 1. The number of rotatable bonds is 4. The molecule has 104 valence electrons. The van der Waals surface area contributed by atoms with E-state index >= 15 is 0 Å². The van der Waals surface area contributed by atoms with Crippen LogP contribution in [0.2, 0.25) is 0 Å². The first-order valence-electron chi connectivity index (χ1n) is 5.95. The highest BCUT2D eigenvalue weighted by Crippen LogP contribution is 2.24. The molecule has 1 heterocycles. The van der Waals surface area contributed by atoms with Crippen LogP contribution >= 0.6 is 0 Å². The average Bonchev–Trinajstić information content (AvgIpc) is 2.41. The van der Waals surface area contributed by atoms with Gasteiger partial charge in [-0.2, -0.15) is 0 Å². The van der Waals surface area contributed by atoms with E-state index in [1.54, 1.807) is 0 Å². The summed E-state index contributed by atoms with van der Waals surface area (Å²) in [6.45, 7) is -0.276. The molecule has 1 saturated heterocycles. The molecule has 0 amide bonds. The van der Waals surface area contributed by atoms with E-state index in [1.165, 1.54) is 24.3 Å². The molecule has 0 saturated carbocycles. The second kappa shape index (κ2) is 5.96. The Morgan fingerprint density at radius 2 is 2.05 bits per heavy atom. The molecule has 1 unspecified atom stereocenters. The summed E-state index contributed by atoms with van der Waals surface area (Å²) in [7, 11) is 0. The quantitative estimate of drug-likeness (QED) is 0.620. The van der Waals surface area contributed by atoms with Crippen LogP contribution in [0.1, 0.15) is 12.8 Å². The van der Waals surface area contributed by atoms with E-state index in [0.717, 1.165) is 0 Å². The SMILES string of the molecule is O=[N+]([O-])c1ccc(O[C@H]2CC[C@H](O)C(CO)O2)cc1. The molecule has 1 aliphatic heterocycles. The molecule has 0 aromatic heterocycles. The highest BCUT2D eigenvalue weighted by Gasteiger charge is 2.30. The fourth-order valence-electron chi connectivity index (χ4n) is 1.90. The number of aliphatic hydroxyl groups excluding tert-OH is 2. The summed E-state index contributed by atoms with van der Waals surface area (Å²) < 4.78 is 10.9. The van der Waals surface area contributed by atoms with E-state index in [-0.39, 0.29) is 12.3 Å². The maximum absolute atomic E-state index is 10.5.